The molecule has 0 fully saturated rings. The zero-order chi connectivity index (χ0) is 24.0. The van der Waals surface area contributed by atoms with Gasteiger partial charge in [-0.25, -0.2) is 4.79 Å². The van der Waals surface area contributed by atoms with Crippen LogP contribution in [0.5, 0.6) is 5.75 Å². The first kappa shape index (κ1) is 24.8. The van der Waals surface area contributed by atoms with Crippen LogP contribution in [0.1, 0.15) is 21.5 Å². The van der Waals surface area contributed by atoms with Gasteiger partial charge in [-0.3, -0.25) is 4.79 Å². The van der Waals surface area contributed by atoms with Crippen molar-refractivity contribution >= 4 is 73.8 Å². The summed E-state index contributed by atoms with van der Waals surface area (Å²) < 4.78 is 7.31. The molecular formula is C24H15BrClIN2O4. The highest BCUT2D eigenvalue weighted by atomic mass is 127. The summed E-state index contributed by atoms with van der Waals surface area (Å²) in [6.45, 7) is 0.245. The average Bonchev–Trinajstić information content (AvgIpc) is 2.77. The number of ether oxygens (including phenoxy) is 1. The summed E-state index contributed by atoms with van der Waals surface area (Å²) in [5.41, 5.74) is 2.09. The van der Waals surface area contributed by atoms with E-state index >= 15 is 0 Å². The van der Waals surface area contributed by atoms with Crippen molar-refractivity contribution in [1.82, 2.24) is 0 Å². The molecule has 0 bridgehead atoms. The number of amides is 1. The highest BCUT2D eigenvalue weighted by molar-refractivity contribution is 14.1. The van der Waals surface area contributed by atoms with Gasteiger partial charge < -0.3 is 15.2 Å². The van der Waals surface area contributed by atoms with Crippen molar-refractivity contribution in [2.45, 2.75) is 6.61 Å². The van der Waals surface area contributed by atoms with Gasteiger partial charge in [-0.15, -0.1) is 0 Å². The van der Waals surface area contributed by atoms with Crippen molar-refractivity contribution < 1.29 is 19.4 Å². The molecule has 1 amide bonds. The van der Waals surface area contributed by atoms with Crippen LogP contribution < -0.4 is 10.1 Å². The molecule has 3 aromatic rings. The Labute approximate surface area is 217 Å². The van der Waals surface area contributed by atoms with E-state index in [1.807, 2.05) is 6.07 Å². The Morgan fingerprint density at radius 3 is 2.52 bits per heavy atom. The van der Waals surface area contributed by atoms with E-state index in [4.69, 9.17) is 21.4 Å². The molecule has 0 heterocycles. The average molecular weight is 638 g/mol. The smallest absolute Gasteiger partial charge is 0.335 e. The van der Waals surface area contributed by atoms with Gasteiger partial charge in [-0.1, -0.05) is 29.8 Å². The Morgan fingerprint density at radius 2 is 1.91 bits per heavy atom. The van der Waals surface area contributed by atoms with Crippen LogP contribution in [-0.2, 0) is 11.4 Å². The van der Waals surface area contributed by atoms with E-state index in [2.05, 4.69) is 43.8 Å². The van der Waals surface area contributed by atoms with E-state index < -0.39 is 11.9 Å². The van der Waals surface area contributed by atoms with E-state index in [1.165, 1.54) is 18.2 Å². The molecule has 0 aliphatic rings. The minimum atomic E-state index is -0.985. The molecular weight excluding hydrogens is 623 g/mol. The molecule has 0 radical (unpaired) electrons. The van der Waals surface area contributed by atoms with Gasteiger partial charge in [0.25, 0.3) is 5.91 Å². The van der Waals surface area contributed by atoms with E-state index in [0.717, 1.165) is 9.13 Å². The monoisotopic (exact) mass is 636 g/mol. The van der Waals surface area contributed by atoms with Gasteiger partial charge in [0.05, 0.1) is 13.6 Å². The second kappa shape index (κ2) is 11.3. The number of benzene rings is 3. The Morgan fingerprint density at radius 1 is 1.18 bits per heavy atom. The zero-order valence-electron chi connectivity index (χ0n) is 16.8. The largest absolute Gasteiger partial charge is 0.487 e. The highest BCUT2D eigenvalue weighted by Gasteiger charge is 2.13. The first-order valence-electron chi connectivity index (χ1n) is 9.39. The lowest BCUT2D eigenvalue weighted by Gasteiger charge is -2.12. The standard InChI is InChI=1S/C24H15BrClIN2O4/c25-20-9-15(8-17(12-28)23(30)29-19-3-1-2-18(26)11-19)10-21(27)22(20)33-13-14-4-6-16(7-5-14)24(31)32/h1-11H,13H2,(H,29,30)(H,31,32)/b17-8+. The van der Waals surface area contributed by atoms with Crippen LogP contribution in [0, 0.1) is 14.9 Å². The fourth-order valence-corrected chi connectivity index (χ4v) is 4.74. The molecule has 3 rings (SSSR count). The van der Waals surface area contributed by atoms with E-state index in [-0.39, 0.29) is 17.7 Å². The van der Waals surface area contributed by atoms with Crippen LogP contribution in [-0.4, -0.2) is 17.0 Å². The number of hydrogen-bond acceptors (Lipinski definition) is 4. The summed E-state index contributed by atoms with van der Waals surface area (Å²) in [5, 5.41) is 21.6. The molecule has 0 atom stereocenters. The van der Waals surface area contributed by atoms with Gasteiger partial charge in [-0.05, 0) is 98.2 Å². The normalized spacial score (nSPS) is 10.9. The van der Waals surface area contributed by atoms with Crippen LogP contribution >= 0.6 is 50.1 Å². The zero-order valence-corrected chi connectivity index (χ0v) is 21.3. The van der Waals surface area contributed by atoms with E-state index in [9.17, 15) is 14.9 Å². The maximum absolute atomic E-state index is 12.5. The number of carboxylic acid groups (broad SMARTS) is 1. The van der Waals surface area contributed by atoms with Gasteiger partial charge in [0, 0.05) is 10.7 Å². The number of aromatic carboxylic acids is 1. The second-order valence-corrected chi connectivity index (χ2v) is 9.19. The van der Waals surface area contributed by atoms with Crippen LogP contribution in [0.25, 0.3) is 6.08 Å². The predicted molar refractivity (Wildman–Crippen MR) is 138 cm³/mol. The number of nitriles is 1. The van der Waals surface area contributed by atoms with E-state index in [1.54, 1.807) is 48.5 Å². The number of nitrogens with one attached hydrogen (secondary N) is 1. The number of nitrogens with zero attached hydrogens (tertiary/aromatic N) is 1. The lowest BCUT2D eigenvalue weighted by atomic mass is 10.1. The summed E-state index contributed by atoms with van der Waals surface area (Å²) >= 11 is 11.5. The quantitative estimate of drug-likeness (QED) is 0.174. The molecule has 0 aliphatic carbocycles. The number of carbonyl (C=O) groups excluding carboxylic acids is 1. The predicted octanol–water partition coefficient (Wildman–Crippen LogP) is 6.53. The van der Waals surface area contributed by atoms with Crippen molar-refractivity contribution in [3.8, 4) is 11.8 Å². The summed E-state index contributed by atoms with van der Waals surface area (Å²) in [6, 6.07) is 18.5. The Kier molecular flexibility index (Phi) is 8.49. The molecule has 9 heteroatoms. The molecule has 3 aromatic carbocycles. The van der Waals surface area contributed by atoms with Crippen molar-refractivity contribution in [2.75, 3.05) is 5.32 Å². The maximum atomic E-state index is 12.5. The number of carbonyl (C=O) groups is 2. The molecule has 0 saturated heterocycles. The summed E-state index contributed by atoms with van der Waals surface area (Å²) in [7, 11) is 0. The molecule has 0 saturated carbocycles. The Hall–Kier alpha value is -2.87. The van der Waals surface area contributed by atoms with Crippen molar-refractivity contribution in [3.05, 3.63) is 96.0 Å². The summed E-state index contributed by atoms with van der Waals surface area (Å²) in [6.07, 6.45) is 1.49. The Bertz CT molecular complexity index is 1260. The number of carboxylic acids is 1. The number of anilines is 1. The van der Waals surface area contributed by atoms with E-state index in [0.29, 0.717) is 26.5 Å². The van der Waals surface area contributed by atoms with Crippen LogP contribution in [0.3, 0.4) is 0 Å². The van der Waals surface area contributed by atoms with Gasteiger partial charge in [0.2, 0.25) is 0 Å². The molecule has 33 heavy (non-hydrogen) atoms. The fraction of sp³-hybridized carbons (Fsp3) is 0.0417. The van der Waals surface area contributed by atoms with Crippen molar-refractivity contribution in [1.29, 1.82) is 5.26 Å². The van der Waals surface area contributed by atoms with Crippen LogP contribution in [0.15, 0.2) is 70.7 Å². The minimum Gasteiger partial charge on any atom is -0.487 e. The molecule has 166 valence electrons. The summed E-state index contributed by atoms with van der Waals surface area (Å²) in [5.74, 6) is -0.936. The lowest BCUT2D eigenvalue weighted by molar-refractivity contribution is -0.112. The molecule has 6 nitrogen and oxygen atoms in total. The Balaban J connectivity index is 1.75. The van der Waals surface area contributed by atoms with Crippen molar-refractivity contribution in [2.24, 2.45) is 0 Å². The first-order chi connectivity index (χ1) is 15.8. The topological polar surface area (TPSA) is 99.4 Å². The van der Waals surface area contributed by atoms with Crippen LogP contribution in [0.4, 0.5) is 5.69 Å². The lowest BCUT2D eigenvalue weighted by Crippen LogP contribution is -2.13. The fourth-order valence-electron chi connectivity index (χ4n) is 2.78. The maximum Gasteiger partial charge on any atom is 0.335 e. The number of halogens is 3. The van der Waals surface area contributed by atoms with Gasteiger partial charge in [-0.2, -0.15) is 5.26 Å². The SMILES string of the molecule is N#C/C(=C\c1cc(Br)c(OCc2ccc(C(=O)O)cc2)c(I)c1)C(=O)Nc1cccc(Cl)c1. The molecule has 0 aliphatic heterocycles. The van der Waals surface area contributed by atoms with Crippen LogP contribution in [0.2, 0.25) is 5.02 Å². The third-order valence-electron chi connectivity index (χ3n) is 4.36. The molecule has 2 N–H and O–H groups in total. The minimum absolute atomic E-state index is 0.0649. The number of hydrogen-bond donors (Lipinski definition) is 2. The molecule has 0 spiro atoms. The third kappa shape index (κ3) is 6.81. The molecule has 0 aromatic heterocycles. The molecule has 0 unspecified atom stereocenters. The van der Waals surface area contributed by atoms with Gasteiger partial charge in [0.15, 0.2) is 0 Å². The van der Waals surface area contributed by atoms with Gasteiger partial charge in [0.1, 0.15) is 24.0 Å². The first-order valence-corrected chi connectivity index (χ1v) is 11.6. The third-order valence-corrected chi connectivity index (χ3v) is 5.99. The number of rotatable bonds is 7. The second-order valence-electron chi connectivity index (χ2n) is 6.74. The summed E-state index contributed by atoms with van der Waals surface area (Å²) in [4.78, 5) is 23.5. The van der Waals surface area contributed by atoms with Gasteiger partial charge >= 0.3 is 5.97 Å². The highest BCUT2D eigenvalue weighted by Crippen LogP contribution is 2.33. The van der Waals surface area contributed by atoms with Crippen molar-refractivity contribution in [3.63, 3.8) is 0 Å².